The first-order valence-corrected chi connectivity index (χ1v) is 6.81. The van der Waals surface area contributed by atoms with E-state index in [9.17, 15) is 4.79 Å². The third kappa shape index (κ3) is 2.20. The molecule has 0 radical (unpaired) electrons. The number of hydrogen-bond donors (Lipinski definition) is 1. The third-order valence-electron chi connectivity index (χ3n) is 3.00. The van der Waals surface area contributed by atoms with Crippen molar-refractivity contribution in [3.05, 3.63) is 57.2 Å². The van der Waals surface area contributed by atoms with E-state index in [4.69, 9.17) is 4.74 Å². The molecule has 0 saturated heterocycles. The highest BCUT2D eigenvalue weighted by molar-refractivity contribution is 9.10. The molecule has 5 heteroatoms. The monoisotopic (exact) mass is 330 g/mol. The molecule has 0 unspecified atom stereocenters. The lowest BCUT2D eigenvalue weighted by atomic mass is 10.2. The minimum absolute atomic E-state index is 0.188. The molecule has 0 spiro atoms. The predicted molar refractivity (Wildman–Crippen MR) is 82.1 cm³/mol. The highest BCUT2D eigenvalue weighted by Gasteiger charge is 2.10. The predicted octanol–water partition coefficient (Wildman–Crippen LogP) is 3.36. The minimum Gasteiger partial charge on any atom is -0.493 e. The second-order valence-corrected chi connectivity index (χ2v) is 5.14. The summed E-state index contributed by atoms with van der Waals surface area (Å²) in [7, 11) is 1.48. The molecule has 0 atom stereocenters. The van der Waals surface area contributed by atoms with E-state index in [2.05, 4.69) is 25.9 Å². The molecule has 20 heavy (non-hydrogen) atoms. The van der Waals surface area contributed by atoms with Crippen LogP contribution in [0.2, 0.25) is 0 Å². The number of imidazole rings is 1. The number of hydrogen-bond acceptors (Lipinski definition) is 3. The van der Waals surface area contributed by atoms with Gasteiger partial charge in [-0.05, 0) is 15.9 Å². The second-order valence-electron chi connectivity index (χ2n) is 4.28. The normalized spacial score (nSPS) is 10.7. The van der Waals surface area contributed by atoms with Crippen LogP contribution in [-0.4, -0.2) is 17.1 Å². The first-order valence-electron chi connectivity index (χ1n) is 6.02. The van der Waals surface area contributed by atoms with E-state index in [-0.39, 0.29) is 11.2 Å². The van der Waals surface area contributed by atoms with Crippen LogP contribution in [0.1, 0.15) is 0 Å². The summed E-state index contributed by atoms with van der Waals surface area (Å²) in [5.74, 6) is 1.03. The number of rotatable bonds is 2. The molecule has 1 heterocycles. The van der Waals surface area contributed by atoms with E-state index in [1.54, 1.807) is 6.07 Å². The lowest BCUT2D eigenvalue weighted by Gasteiger charge is -1.94. The van der Waals surface area contributed by atoms with Crippen LogP contribution in [0.4, 0.5) is 0 Å². The standard InChI is InChI=1S/C15H11BrN2O2/c1-20-13-8-11-14(10(16)7-12(13)19)18-15(17-11)9-5-3-2-4-6-9/h2-8H,1H3,(H,17,18). The smallest absolute Gasteiger partial charge is 0.221 e. The number of halogens is 1. The summed E-state index contributed by atoms with van der Waals surface area (Å²) in [6.45, 7) is 0. The summed E-state index contributed by atoms with van der Waals surface area (Å²) in [6.07, 6.45) is 0. The van der Waals surface area contributed by atoms with Gasteiger partial charge in [0.2, 0.25) is 5.43 Å². The van der Waals surface area contributed by atoms with E-state index >= 15 is 0 Å². The number of benzene rings is 1. The Morgan fingerprint density at radius 3 is 2.65 bits per heavy atom. The van der Waals surface area contributed by atoms with E-state index in [1.165, 1.54) is 13.2 Å². The van der Waals surface area contributed by atoms with Gasteiger partial charge in [0, 0.05) is 22.2 Å². The summed E-state index contributed by atoms with van der Waals surface area (Å²) in [6, 6.07) is 12.9. The zero-order chi connectivity index (χ0) is 14.1. The topological polar surface area (TPSA) is 55.0 Å². The Kier molecular flexibility index (Phi) is 3.28. The summed E-state index contributed by atoms with van der Waals surface area (Å²) in [4.78, 5) is 19.6. The molecule has 100 valence electrons. The maximum atomic E-state index is 11.8. The molecule has 0 aliphatic rings. The molecule has 0 aliphatic carbocycles. The molecule has 1 N–H and O–H groups in total. The summed E-state index contributed by atoms with van der Waals surface area (Å²) in [5, 5.41) is 0. The van der Waals surface area contributed by atoms with Gasteiger partial charge < -0.3 is 9.72 Å². The maximum absolute atomic E-state index is 11.8. The molecule has 0 saturated carbocycles. The van der Waals surface area contributed by atoms with Crippen molar-refractivity contribution in [2.45, 2.75) is 0 Å². The number of nitrogens with one attached hydrogen (secondary N) is 1. The average molecular weight is 331 g/mol. The van der Waals surface area contributed by atoms with E-state index in [0.29, 0.717) is 9.99 Å². The van der Waals surface area contributed by atoms with Crippen molar-refractivity contribution >= 4 is 27.0 Å². The van der Waals surface area contributed by atoms with Crippen molar-refractivity contribution in [1.29, 1.82) is 0 Å². The number of fused-ring (bicyclic) bond motifs is 1. The number of ether oxygens (including phenoxy) is 1. The van der Waals surface area contributed by atoms with Crippen LogP contribution in [-0.2, 0) is 0 Å². The number of methoxy groups -OCH3 is 1. The molecule has 2 aromatic carbocycles. The van der Waals surface area contributed by atoms with Gasteiger partial charge in [-0.1, -0.05) is 30.3 Å². The number of H-pyrrole nitrogens is 1. The fourth-order valence-electron chi connectivity index (χ4n) is 2.02. The van der Waals surface area contributed by atoms with Crippen molar-refractivity contribution in [2.24, 2.45) is 0 Å². The molecule has 0 fully saturated rings. The first kappa shape index (κ1) is 12.9. The maximum Gasteiger partial charge on any atom is 0.221 e. The van der Waals surface area contributed by atoms with E-state index in [0.717, 1.165) is 16.9 Å². The van der Waals surface area contributed by atoms with Gasteiger partial charge in [0.05, 0.1) is 12.6 Å². The fraction of sp³-hybridized carbons (Fsp3) is 0.0667. The summed E-state index contributed by atoms with van der Waals surface area (Å²) >= 11 is 3.39. The average Bonchev–Trinajstić information content (AvgIpc) is 2.85. The van der Waals surface area contributed by atoms with Gasteiger partial charge in [-0.15, -0.1) is 0 Å². The van der Waals surface area contributed by atoms with Crippen LogP contribution in [0.25, 0.3) is 22.4 Å². The lowest BCUT2D eigenvalue weighted by Crippen LogP contribution is -1.99. The number of nitrogens with zero attached hydrogens (tertiary/aromatic N) is 1. The molecule has 0 bridgehead atoms. The van der Waals surface area contributed by atoms with Crippen LogP contribution in [0.15, 0.2) is 51.7 Å². The summed E-state index contributed by atoms with van der Waals surface area (Å²) < 4.78 is 5.74. The fourth-order valence-corrected chi connectivity index (χ4v) is 2.53. The Balaban J connectivity index is 2.30. The molecule has 1 aromatic heterocycles. The van der Waals surface area contributed by atoms with Crippen LogP contribution >= 0.6 is 15.9 Å². The van der Waals surface area contributed by atoms with Crippen molar-refractivity contribution in [1.82, 2.24) is 9.97 Å². The van der Waals surface area contributed by atoms with Crippen LogP contribution in [0, 0.1) is 0 Å². The molecule has 4 nitrogen and oxygen atoms in total. The Hall–Kier alpha value is -2.14. The van der Waals surface area contributed by atoms with Crippen molar-refractivity contribution in [3.63, 3.8) is 0 Å². The Labute approximate surface area is 123 Å². The van der Waals surface area contributed by atoms with Crippen molar-refractivity contribution in [2.75, 3.05) is 7.11 Å². The van der Waals surface area contributed by atoms with Crippen LogP contribution in [0.3, 0.4) is 0 Å². The Morgan fingerprint density at radius 1 is 1.20 bits per heavy atom. The van der Waals surface area contributed by atoms with Gasteiger partial charge in [0.1, 0.15) is 11.3 Å². The van der Waals surface area contributed by atoms with Crippen molar-refractivity contribution in [3.8, 4) is 17.1 Å². The SMILES string of the molecule is COc1cc2[nH]c(-c3ccccc3)nc2c(Br)cc1=O. The van der Waals surface area contributed by atoms with Gasteiger partial charge in [-0.25, -0.2) is 4.98 Å². The third-order valence-corrected chi connectivity index (χ3v) is 3.61. The molecule has 0 aliphatic heterocycles. The zero-order valence-corrected chi connectivity index (χ0v) is 12.3. The summed E-state index contributed by atoms with van der Waals surface area (Å²) in [5.41, 5.74) is 2.24. The van der Waals surface area contributed by atoms with Gasteiger partial charge >= 0.3 is 0 Å². The largest absolute Gasteiger partial charge is 0.493 e. The zero-order valence-electron chi connectivity index (χ0n) is 10.7. The lowest BCUT2D eigenvalue weighted by molar-refractivity contribution is 0.412. The Bertz CT molecular complexity index is 828. The number of aromatic nitrogens is 2. The van der Waals surface area contributed by atoms with Crippen molar-refractivity contribution < 1.29 is 4.74 Å². The van der Waals surface area contributed by atoms with Crippen LogP contribution < -0.4 is 10.2 Å². The number of aromatic amines is 1. The minimum atomic E-state index is -0.188. The molecule has 0 amide bonds. The highest BCUT2D eigenvalue weighted by atomic mass is 79.9. The van der Waals surface area contributed by atoms with Gasteiger partial charge in [0.25, 0.3) is 0 Å². The van der Waals surface area contributed by atoms with Gasteiger partial charge in [0.15, 0.2) is 5.75 Å². The first-order chi connectivity index (χ1) is 9.69. The molecular formula is C15H11BrN2O2. The van der Waals surface area contributed by atoms with Gasteiger partial charge in [-0.2, -0.15) is 0 Å². The van der Waals surface area contributed by atoms with E-state index < -0.39 is 0 Å². The second kappa shape index (κ2) is 5.09. The van der Waals surface area contributed by atoms with Crippen LogP contribution in [0.5, 0.6) is 5.75 Å². The van der Waals surface area contributed by atoms with Gasteiger partial charge in [-0.3, -0.25) is 4.79 Å². The Morgan fingerprint density at radius 2 is 1.95 bits per heavy atom. The molecule has 3 rings (SSSR count). The molecular weight excluding hydrogens is 320 g/mol. The highest BCUT2D eigenvalue weighted by Crippen LogP contribution is 2.25. The van der Waals surface area contributed by atoms with E-state index in [1.807, 2.05) is 30.3 Å². The molecule has 3 aromatic rings. The quantitative estimate of drug-likeness (QED) is 0.783.